The molecule has 4 rings (SSSR count). The van der Waals surface area contributed by atoms with Crippen molar-refractivity contribution in [2.75, 3.05) is 10.6 Å². The molecule has 2 N–H and O–H groups in total. The van der Waals surface area contributed by atoms with Crippen molar-refractivity contribution in [2.45, 2.75) is 25.4 Å². The lowest BCUT2D eigenvalue weighted by atomic mass is 9.72. The summed E-state index contributed by atoms with van der Waals surface area (Å²) in [6, 6.07) is 13.0. The van der Waals surface area contributed by atoms with Gasteiger partial charge < -0.3 is 10.6 Å². The van der Waals surface area contributed by atoms with Crippen LogP contribution in [-0.4, -0.2) is 5.66 Å². The molecule has 0 aromatic heterocycles. The maximum atomic E-state index is 3.71. The van der Waals surface area contributed by atoms with Gasteiger partial charge >= 0.3 is 0 Å². The number of anilines is 2. The Balaban J connectivity index is 1.96. The Hall–Kier alpha value is -1.70. The molecule has 1 fully saturated rings. The summed E-state index contributed by atoms with van der Waals surface area (Å²) < 4.78 is 0. The van der Waals surface area contributed by atoms with E-state index in [4.69, 9.17) is 0 Å². The van der Waals surface area contributed by atoms with Crippen LogP contribution in [0.4, 0.5) is 11.4 Å². The zero-order valence-corrected chi connectivity index (χ0v) is 9.96. The van der Waals surface area contributed by atoms with Gasteiger partial charge in [-0.15, -0.1) is 0 Å². The van der Waals surface area contributed by atoms with Crippen LogP contribution in [-0.2, 0) is 0 Å². The van der Waals surface area contributed by atoms with E-state index in [0.29, 0.717) is 5.92 Å². The molecule has 2 heteroatoms. The Morgan fingerprint density at radius 1 is 1.06 bits per heavy atom. The summed E-state index contributed by atoms with van der Waals surface area (Å²) in [6.07, 6.45) is 2.51. The second-order valence-corrected chi connectivity index (χ2v) is 5.37. The lowest BCUT2D eigenvalue weighted by Gasteiger charge is -2.52. The van der Waals surface area contributed by atoms with Crippen LogP contribution in [0.2, 0.25) is 0 Å². The predicted molar refractivity (Wildman–Crippen MR) is 72.3 cm³/mol. The third-order valence-corrected chi connectivity index (χ3v) is 4.43. The second-order valence-electron chi connectivity index (χ2n) is 5.37. The van der Waals surface area contributed by atoms with Crippen LogP contribution in [0.15, 0.2) is 36.4 Å². The van der Waals surface area contributed by atoms with Crippen molar-refractivity contribution >= 4 is 22.1 Å². The molecule has 1 saturated carbocycles. The Morgan fingerprint density at radius 3 is 2.18 bits per heavy atom. The van der Waals surface area contributed by atoms with Gasteiger partial charge in [0, 0.05) is 16.8 Å². The first-order valence-electron chi connectivity index (χ1n) is 6.37. The molecule has 17 heavy (non-hydrogen) atoms. The van der Waals surface area contributed by atoms with E-state index >= 15 is 0 Å². The summed E-state index contributed by atoms with van der Waals surface area (Å²) in [6.45, 7) is 2.32. The summed E-state index contributed by atoms with van der Waals surface area (Å²) in [7, 11) is 0. The lowest BCUT2D eigenvalue weighted by molar-refractivity contribution is 0.200. The summed E-state index contributed by atoms with van der Waals surface area (Å²) in [4.78, 5) is 0. The number of rotatable bonds is 0. The fraction of sp³-hybridized carbons (Fsp3) is 0.333. The van der Waals surface area contributed by atoms with Gasteiger partial charge in [-0.3, -0.25) is 0 Å². The molecular formula is C15H16N2. The standard InChI is InChI=1S/C15H16N2/c1-10-8-9-15(10)16-12-6-2-4-11-5-3-7-13(17-15)14(11)12/h2-7,10,16-17H,8-9H2,1H3. The van der Waals surface area contributed by atoms with Gasteiger partial charge in [0.2, 0.25) is 0 Å². The molecule has 2 aliphatic rings. The van der Waals surface area contributed by atoms with Crippen LogP contribution in [0.5, 0.6) is 0 Å². The molecule has 0 amide bonds. The summed E-state index contributed by atoms with van der Waals surface area (Å²) in [5.74, 6) is 0.686. The van der Waals surface area contributed by atoms with E-state index < -0.39 is 0 Å². The van der Waals surface area contributed by atoms with Gasteiger partial charge in [-0.05, 0) is 36.3 Å². The number of nitrogens with one attached hydrogen (secondary N) is 2. The van der Waals surface area contributed by atoms with Gasteiger partial charge in [-0.25, -0.2) is 0 Å². The fourth-order valence-corrected chi connectivity index (χ4v) is 3.15. The van der Waals surface area contributed by atoms with Gasteiger partial charge in [0.1, 0.15) is 5.66 Å². The molecule has 0 bridgehead atoms. The molecule has 1 aliphatic carbocycles. The minimum atomic E-state index is 0.0998. The van der Waals surface area contributed by atoms with E-state index in [9.17, 15) is 0 Å². The van der Waals surface area contributed by atoms with Crippen LogP contribution < -0.4 is 10.6 Å². The highest BCUT2D eigenvalue weighted by atomic mass is 15.2. The third kappa shape index (κ3) is 1.10. The van der Waals surface area contributed by atoms with E-state index in [1.807, 2.05) is 0 Å². The van der Waals surface area contributed by atoms with Gasteiger partial charge in [-0.2, -0.15) is 0 Å². The van der Waals surface area contributed by atoms with E-state index in [1.165, 1.54) is 35.0 Å². The third-order valence-electron chi connectivity index (χ3n) is 4.43. The van der Waals surface area contributed by atoms with Crippen molar-refractivity contribution in [3.63, 3.8) is 0 Å². The summed E-state index contributed by atoms with van der Waals surface area (Å²) in [5, 5.41) is 10.1. The molecule has 2 aromatic carbocycles. The van der Waals surface area contributed by atoms with Crippen molar-refractivity contribution in [1.29, 1.82) is 0 Å². The van der Waals surface area contributed by atoms with E-state index in [0.717, 1.165) is 0 Å². The van der Waals surface area contributed by atoms with Gasteiger partial charge in [-0.1, -0.05) is 31.2 Å². The smallest absolute Gasteiger partial charge is 0.110 e. The summed E-state index contributed by atoms with van der Waals surface area (Å²) in [5.41, 5.74) is 2.66. The first kappa shape index (κ1) is 9.34. The topological polar surface area (TPSA) is 24.1 Å². The predicted octanol–water partition coefficient (Wildman–Crippen LogP) is 3.80. The zero-order valence-electron chi connectivity index (χ0n) is 9.96. The monoisotopic (exact) mass is 224 g/mol. The van der Waals surface area contributed by atoms with Crippen molar-refractivity contribution in [3.05, 3.63) is 36.4 Å². The Labute approximate surface area is 101 Å². The average Bonchev–Trinajstić information content (AvgIpc) is 2.37. The number of benzene rings is 2. The SMILES string of the molecule is CC1CCC12Nc1cccc3cccc(c13)N2. The largest absolute Gasteiger partial charge is 0.362 e. The maximum absolute atomic E-state index is 3.71. The minimum absolute atomic E-state index is 0.0998. The quantitative estimate of drug-likeness (QED) is 0.711. The first-order valence-corrected chi connectivity index (χ1v) is 6.37. The fourth-order valence-electron chi connectivity index (χ4n) is 3.15. The van der Waals surface area contributed by atoms with Gasteiger partial charge in [0.25, 0.3) is 0 Å². The van der Waals surface area contributed by atoms with E-state index in [-0.39, 0.29) is 5.66 Å². The van der Waals surface area contributed by atoms with Gasteiger partial charge in [0.05, 0.1) is 0 Å². The Kier molecular flexibility index (Phi) is 1.62. The van der Waals surface area contributed by atoms with Crippen LogP contribution in [0.3, 0.4) is 0 Å². The van der Waals surface area contributed by atoms with E-state index in [1.54, 1.807) is 0 Å². The highest BCUT2D eigenvalue weighted by Gasteiger charge is 2.46. The molecule has 1 aliphatic heterocycles. The summed E-state index contributed by atoms with van der Waals surface area (Å²) >= 11 is 0. The van der Waals surface area contributed by atoms with Crippen LogP contribution in [0.1, 0.15) is 19.8 Å². The normalized spacial score (nSPS) is 23.9. The number of hydrogen-bond acceptors (Lipinski definition) is 2. The highest BCUT2D eigenvalue weighted by Crippen LogP contribution is 2.47. The van der Waals surface area contributed by atoms with Crippen molar-refractivity contribution in [3.8, 4) is 0 Å². The molecule has 2 aromatic rings. The molecular weight excluding hydrogens is 208 g/mol. The minimum Gasteiger partial charge on any atom is -0.362 e. The molecule has 0 radical (unpaired) electrons. The molecule has 1 atom stereocenters. The maximum Gasteiger partial charge on any atom is 0.110 e. The van der Waals surface area contributed by atoms with Crippen molar-refractivity contribution in [1.82, 2.24) is 0 Å². The highest BCUT2D eigenvalue weighted by molar-refractivity contribution is 6.05. The average molecular weight is 224 g/mol. The molecule has 86 valence electrons. The van der Waals surface area contributed by atoms with Crippen LogP contribution in [0, 0.1) is 5.92 Å². The van der Waals surface area contributed by atoms with E-state index in [2.05, 4.69) is 54.0 Å². The van der Waals surface area contributed by atoms with Crippen LogP contribution in [0.25, 0.3) is 10.8 Å². The Morgan fingerprint density at radius 2 is 1.71 bits per heavy atom. The van der Waals surface area contributed by atoms with Gasteiger partial charge in [0.15, 0.2) is 0 Å². The lowest BCUT2D eigenvalue weighted by Crippen LogP contribution is -2.59. The molecule has 2 nitrogen and oxygen atoms in total. The zero-order chi connectivity index (χ0) is 11.5. The Bertz CT molecular complexity index is 562. The molecule has 1 spiro atoms. The second kappa shape index (κ2) is 2.95. The molecule has 1 unspecified atom stereocenters. The molecule has 1 heterocycles. The van der Waals surface area contributed by atoms with Crippen LogP contribution >= 0.6 is 0 Å². The first-order chi connectivity index (χ1) is 8.28. The molecule has 0 saturated heterocycles. The number of hydrogen-bond donors (Lipinski definition) is 2. The van der Waals surface area contributed by atoms with Crippen molar-refractivity contribution in [2.24, 2.45) is 5.92 Å². The van der Waals surface area contributed by atoms with Crippen molar-refractivity contribution < 1.29 is 0 Å².